The van der Waals surface area contributed by atoms with Crippen LogP contribution in [0.1, 0.15) is 21.1 Å². The van der Waals surface area contributed by atoms with Crippen LogP contribution in [0, 0.1) is 6.92 Å². The summed E-state index contributed by atoms with van der Waals surface area (Å²) in [4.78, 5) is 9.69. The van der Waals surface area contributed by atoms with Gasteiger partial charge in [-0.3, -0.25) is 0 Å². The summed E-state index contributed by atoms with van der Waals surface area (Å²) < 4.78 is 0. The van der Waals surface area contributed by atoms with E-state index in [1.165, 1.54) is 0 Å². The maximum absolute atomic E-state index is 8.94. The summed E-state index contributed by atoms with van der Waals surface area (Å²) in [5, 5.41) is 9.96. The molecule has 0 atom stereocenters. The average molecular weight is 249 g/mol. The van der Waals surface area contributed by atoms with Crippen LogP contribution in [0.5, 0.6) is 0 Å². The highest BCUT2D eigenvalue weighted by Crippen LogP contribution is 2.22. The van der Waals surface area contributed by atoms with Gasteiger partial charge in [0.2, 0.25) is 0 Å². The third-order valence-electron chi connectivity index (χ3n) is 2.54. The standard InChI is InChI=1S/C12H15N3OS/c1-8-10(4-6-16)17-11(15-8)7-9-3-2-5-14-12(9)13/h2-3,5,16H,4,6-7H2,1H3,(H2,13,14). The zero-order chi connectivity index (χ0) is 12.3. The number of nitrogens with two attached hydrogens (primary N) is 1. The number of hydrogen-bond acceptors (Lipinski definition) is 5. The molecule has 3 N–H and O–H groups in total. The van der Waals surface area contributed by atoms with Gasteiger partial charge in [0, 0.05) is 36.1 Å². The van der Waals surface area contributed by atoms with Crippen LogP contribution in [0.25, 0.3) is 0 Å². The predicted octanol–water partition coefficient (Wildman–Crippen LogP) is 1.55. The smallest absolute Gasteiger partial charge is 0.126 e. The van der Waals surface area contributed by atoms with Crippen LogP contribution in [0.2, 0.25) is 0 Å². The first kappa shape index (κ1) is 12.0. The number of aliphatic hydroxyl groups is 1. The van der Waals surface area contributed by atoms with Gasteiger partial charge in [-0.05, 0) is 13.0 Å². The Hall–Kier alpha value is -1.46. The van der Waals surface area contributed by atoms with Crippen LogP contribution in [0.15, 0.2) is 18.3 Å². The predicted molar refractivity (Wildman–Crippen MR) is 69.1 cm³/mol. The van der Waals surface area contributed by atoms with Crippen LogP contribution in [0.3, 0.4) is 0 Å². The third-order valence-corrected chi connectivity index (χ3v) is 3.76. The highest BCUT2D eigenvalue weighted by Gasteiger charge is 2.09. The molecular formula is C12H15N3OS. The second-order valence-corrected chi connectivity index (χ2v) is 4.98. The van der Waals surface area contributed by atoms with Gasteiger partial charge < -0.3 is 10.8 Å². The van der Waals surface area contributed by atoms with E-state index in [0.717, 1.165) is 21.1 Å². The fourth-order valence-corrected chi connectivity index (χ4v) is 2.74. The van der Waals surface area contributed by atoms with Gasteiger partial charge in [0.1, 0.15) is 5.82 Å². The highest BCUT2D eigenvalue weighted by atomic mass is 32.1. The second-order valence-electron chi connectivity index (χ2n) is 3.81. The molecule has 0 aliphatic carbocycles. The van der Waals surface area contributed by atoms with E-state index in [1.807, 2.05) is 19.1 Å². The lowest BCUT2D eigenvalue weighted by atomic mass is 10.2. The monoisotopic (exact) mass is 249 g/mol. The van der Waals surface area contributed by atoms with Crippen molar-refractivity contribution in [3.8, 4) is 0 Å². The zero-order valence-corrected chi connectivity index (χ0v) is 10.5. The maximum atomic E-state index is 8.94. The van der Waals surface area contributed by atoms with Crippen molar-refractivity contribution in [3.05, 3.63) is 39.5 Å². The number of anilines is 1. The first-order chi connectivity index (χ1) is 8.20. The lowest BCUT2D eigenvalue weighted by Gasteiger charge is -2.00. The Morgan fingerprint density at radius 2 is 2.29 bits per heavy atom. The number of nitrogen functional groups attached to an aromatic ring is 1. The summed E-state index contributed by atoms with van der Waals surface area (Å²) in [6, 6.07) is 3.84. The first-order valence-corrected chi connectivity index (χ1v) is 6.27. The van der Waals surface area contributed by atoms with Crippen LogP contribution < -0.4 is 5.73 Å². The number of rotatable bonds is 4. The summed E-state index contributed by atoms with van der Waals surface area (Å²) in [5.41, 5.74) is 7.80. The molecule has 0 aromatic carbocycles. The molecule has 0 unspecified atom stereocenters. The minimum Gasteiger partial charge on any atom is -0.396 e. The lowest BCUT2D eigenvalue weighted by Crippen LogP contribution is -1.97. The number of aryl methyl sites for hydroxylation is 1. The van der Waals surface area contributed by atoms with E-state index >= 15 is 0 Å². The third kappa shape index (κ3) is 2.81. The fourth-order valence-electron chi connectivity index (χ4n) is 1.66. The van der Waals surface area contributed by atoms with Crippen molar-refractivity contribution in [2.24, 2.45) is 0 Å². The molecule has 0 aliphatic heterocycles. The Morgan fingerprint density at radius 3 is 3.00 bits per heavy atom. The molecule has 0 fully saturated rings. The molecule has 0 radical (unpaired) electrons. The number of nitrogens with zero attached hydrogens (tertiary/aromatic N) is 2. The van der Waals surface area contributed by atoms with Gasteiger partial charge in [-0.25, -0.2) is 9.97 Å². The molecule has 2 rings (SSSR count). The van der Waals surface area contributed by atoms with E-state index in [2.05, 4.69) is 9.97 Å². The average Bonchev–Trinajstić information content (AvgIpc) is 2.63. The van der Waals surface area contributed by atoms with Crippen molar-refractivity contribution in [2.45, 2.75) is 19.8 Å². The van der Waals surface area contributed by atoms with Crippen LogP contribution in [0.4, 0.5) is 5.82 Å². The summed E-state index contributed by atoms with van der Waals surface area (Å²) in [5.74, 6) is 0.559. The molecule has 90 valence electrons. The number of aromatic nitrogens is 2. The van der Waals surface area contributed by atoms with Crippen molar-refractivity contribution in [1.82, 2.24) is 9.97 Å². The Morgan fingerprint density at radius 1 is 1.47 bits per heavy atom. The van der Waals surface area contributed by atoms with Crippen LogP contribution >= 0.6 is 11.3 Å². The maximum Gasteiger partial charge on any atom is 0.126 e. The highest BCUT2D eigenvalue weighted by molar-refractivity contribution is 7.11. The Kier molecular flexibility index (Phi) is 3.71. The Labute approximate surface area is 104 Å². The topological polar surface area (TPSA) is 72.0 Å². The fraction of sp³-hybridized carbons (Fsp3) is 0.333. The van der Waals surface area contributed by atoms with Gasteiger partial charge in [-0.1, -0.05) is 6.07 Å². The van der Waals surface area contributed by atoms with E-state index in [1.54, 1.807) is 17.5 Å². The normalized spacial score (nSPS) is 10.7. The zero-order valence-electron chi connectivity index (χ0n) is 9.68. The number of hydrogen-bond donors (Lipinski definition) is 2. The van der Waals surface area contributed by atoms with Gasteiger partial charge in [0.25, 0.3) is 0 Å². The van der Waals surface area contributed by atoms with E-state index in [4.69, 9.17) is 10.8 Å². The molecule has 4 nitrogen and oxygen atoms in total. The van der Waals surface area contributed by atoms with Crippen LogP contribution in [-0.2, 0) is 12.8 Å². The lowest BCUT2D eigenvalue weighted by molar-refractivity contribution is 0.300. The Bertz CT molecular complexity index is 510. The molecule has 5 heteroatoms. The summed E-state index contributed by atoms with van der Waals surface area (Å²) in [7, 11) is 0. The Balaban J connectivity index is 2.19. The molecule has 2 aromatic heterocycles. The van der Waals surface area contributed by atoms with Crippen molar-refractivity contribution < 1.29 is 5.11 Å². The SMILES string of the molecule is Cc1nc(Cc2cccnc2N)sc1CCO. The number of thiazole rings is 1. The molecule has 0 aliphatic rings. The van der Waals surface area contributed by atoms with Gasteiger partial charge >= 0.3 is 0 Å². The molecule has 0 bridgehead atoms. The second kappa shape index (κ2) is 5.25. The van der Waals surface area contributed by atoms with Crippen molar-refractivity contribution in [1.29, 1.82) is 0 Å². The summed E-state index contributed by atoms with van der Waals surface area (Å²) in [6.45, 7) is 2.13. The number of aliphatic hydroxyl groups excluding tert-OH is 1. The van der Waals surface area contributed by atoms with Gasteiger partial charge in [-0.2, -0.15) is 0 Å². The molecule has 2 heterocycles. The molecule has 17 heavy (non-hydrogen) atoms. The molecule has 0 amide bonds. The summed E-state index contributed by atoms with van der Waals surface area (Å²) >= 11 is 1.63. The molecule has 2 aromatic rings. The summed E-state index contributed by atoms with van der Waals surface area (Å²) in [6.07, 6.45) is 3.06. The van der Waals surface area contributed by atoms with Gasteiger partial charge in [0.05, 0.1) is 10.7 Å². The van der Waals surface area contributed by atoms with Crippen molar-refractivity contribution in [2.75, 3.05) is 12.3 Å². The number of pyridine rings is 1. The quantitative estimate of drug-likeness (QED) is 0.862. The van der Waals surface area contributed by atoms with Gasteiger partial charge in [-0.15, -0.1) is 11.3 Å². The minimum absolute atomic E-state index is 0.164. The van der Waals surface area contributed by atoms with E-state index in [-0.39, 0.29) is 6.61 Å². The van der Waals surface area contributed by atoms with E-state index in [0.29, 0.717) is 18.7 Å². The van der Waals surface area contributed by atoms with E-state index in [9.17, 15) is 0 Å². The molecular weight excluding hydrogens is 234 g/mol. The van der Waals surface area contributed by atoms with Gasteiger partial charge in [0.15, 0.2) is 0 Å². The van der Waals surface area contributed by atoms with E-state index < -0.39 is 0 Å². The first-order valence-electron chi connectivity index (χ1n) is 5.46. The van der Waals surface area contributed by atoms with Crippen LogP contribution in [-0.4, -0.2) is 21.7 Å². The largest absolute Gasteiger partial charge is 0.396 e. The van der Waals surface area contributed by atoms with Crippen molar-refractivity contribution >= 4 is 17.2 Å². The molecule has 0 saturated heterocycles. The van der Waals surface area contributed by atoms with Crippen molar-refractivity contribution in [3.63, 3.8) is 0 Å². The molecule has 0 spiro atoms. The molecule has 0 saturated carbocycles. The minimum atomic E-state index is 0.164.